The lowest BCUT2D eigenvalue weighted by Crippen LogP contribution is -2.64. The van der Waals surface area contributed by atoms with Gasteiger partial charge >= 0.3 is 0 Å². The normalized spacial score (nSPS) is 64.7. The third-order valence-corrected chi connectivity index (χ3v) is 5.10. The van der Waals surface area contributed by atoms with Crippen LogP contribution in [0, 0.1) is 22.7 Å². The van der Waals surface area contributed by atoms with E-state index in [0.717, 1.165) is 25.0 Å². The zero-order valence-corrected chi connectivity index (χ0v) is 7.25. The maximum Gasteiger partial charge on any atom is 0.0569 e. The van der Waals surface area contributed by atoms with Crippen molar-refractivity contribution in [2.75, 3.05) is 13.2 Å². The lowest BCUT2D eigenvalue weighted by atomic mass is 9.36. The van der Waals surface area contributed by atoms with Crippen molar-refractivity contribution in [3.8, 4) is 0 Å². The van der Waals surface area contributed by atoms with Gasteiger partial charge in [-0.1, -0.05) is 18.6 Å². The number of hydrogen-bond donors (Lipinski definition) is 0. The summed E-state index contributed by atoms with van der Waals surface area (Å²) in [6.45, 7) is 2.10. The number of fused-ring (bicyclic) bond motifs is 1. The van der Waals surface area contributed by atoms with E-state index in [4.69, 9.17) is 4.74 Å². The van der Waals surface area contributed by atoms with Gasteiger partial charge in [0.25, 0.3) is 0 Å². The molecule has 0 bridgehead atoms. The van der Waals surface area contributed by atoms with Gasteiger partial charge in [0, 0.05) is 10.8 Å². The van der Waals surface area contributed by atoms with Gasteiger partial charge in [-0.25, -0.2) is 0 Å². The van der Waals surface area contributed by atoms with Crippen molar-refractivity contribution in [1.29, 1.82) is 0 Å². The summed E-state index contributed by atoms with van der Waals surface area (Å²) >= 11 is 0. The average molecular weight is 162 g/mol. The molecule has 0 aromatic carbocycles. The molecule has 1 saturated heterocycles. The Balaban J connectivity index is 1.91. The van der Waals surface area contributed by atoms with Gasteiger partial charge in [-0.05, 0) is 24.7 Å². The van der Waals surface area contributed by atoms with Crippen LogP contribution in [0.1, 0.15) is 19.3 Å². The summed E-state index contributed by atoms with van der Waals surface area (Å²) in [6.07, 6.45) is 9.25. The third-order valence-electron chi connectivity index (χ3n) is 5.10. The van der Waals surface area contributed by atoms with Gasteiger partial charge in [-0.2, -0.15) is 0 Å². The highest BCUT2D eigenvalue weighted by Crippen LogP contribution is 2.78. The van der Waals surface area contributed by atoms with E-state index < -0.39 is 0 Å². The molecule has 2 saturated carbocycles. The minimum atomic E-state index is 0.550. The molecule has 64 valence electrons. The number of hydrogen-bond acceptors (Lipinski definition) is 1. The second kappa shape index (κ2) is 1.52. The molecule has 0 radical (unpaired) electrons. The Kier molecular flexibility index (Phi) is 0.787. The Hall–Kier alpha value is -0.300. The maximum atomic E-state index is 5.71. The van der Waals surface area contributed by atoms with Crippen LogP contribution in [0.4, 0.5) is 0 Å². The van der Waals surface area contributed by atoms with Gasteiger partial charge in [0.2, 0.25) is 0 Å². The topological polar surface area (TPSA) is 9.23 Å². The molecule has 0 aromatic heterocycles. The van der Waals surface area contributed by atoms with Gasteiger partial charge in [-0.3, -0.25) is 0 Å². The highest BCUT2D eigenvalue weighted by molar-refractivity contribution is 5.38. The first-order valence-electron chi connectivity index (χ1n) is 5.16. The van der Waals surface area contributed by atoms with Gasteiger partial charge in [-0.15, -0.1) is 0 Å². The molecule has 1 unspecified atom stereocenters. The molecular weight excluding hydrogens is 148 g/mol. The van der Waals surface area contributed by atoms with Crippen LogP contribution < -0.4 is 0 Å². The van der Waals surface area contributed by atoms with Crippen LogP contribution in [0.3, 0.4) is 0 Å². The zero-order valence-electron chi connectivity index (χ0n) is 7.25. The standard InChI is InChI=1S/C11H14O/c1-2-8-9-3-5-11(9)7-12-6-10(8,11)4-1/h3,5,8-9H,1-2,4,6-7H2/t8-,9+,10+,11?/m0/s1. The van der Waals surface area contributed by atoms with Gasteiger partial charge < -0.3 is 4.74 Å². The van der Waals surface area contributed by atoms with Crippen molar-refractivity contribution in [3.05, 3.63) is 12.2 Å². The van der Waals surface area contributed by atoms with Gasteiger partial charge in [0.1, 0.15) is 0 Å². The molecule has 1 nitrogen and oxygen atoms in total. The first-order chi connectivity index (χ1) is 5.89. The molecule has 0 aromatic rings. The first kappa shape index (κ1) is 6.20. The van der Waals surface area contributed by atoms with E-state index >= 15 is 0 Å². The van der Waals surface area contributed by atoms with Crippen molar-refractivity contribution in [2.45, 2.75) is 19.3 Å². The molecule has 0 amide bonds. The van der Waals surface area contributed by atoms with Crippen LogP contribution in [-0.4, -0.2) is 13.2 Å². The summed E-state index contributed by atoms with van der Waals surface area (Å²) in [5.74, 6) is 1.92. The van der Waals surface area contributed by atoms with E-state index in [1.807, 2.05) is 0 Å². The molecule has 12 heavy (non-hydrogen) atoms. The van der Waals surface area contributed by atoms with Crippen molar-refractivity contribution >= 4 is 0 Å². The Morgan fingerprint density at radius 3 is 3.17 bits per heavy atom. The minimum Gasteiger partial charge on any atom is -0.380 e. The first-order valence-corrected chi connectivity index (χ1v) is 5.16. The summed E-state index contributed by atoms with van der Waals surface area (Å²) in [7, 11) is 0. The summed E-state index contributed by atoms with van der Waals surface area (Å²) < 4.78 is 5.71. The van der Waals surface area contributed by atoms with E-state index in [9.17, 15) is 0 Å². The number of ether oxygens (including phenoxy) is 1. The molecule has 1 heterocycles. The Bertz CT molecular complexity index is 279. The molecule has 3 fully saturated rings. The molecule has 0 N–H and O–H groups in total. The van der Waals surface area contributed by atoms with Crippen LogP contribution >= 0.6 is 0 Å². The molecule has 1 heteroatoms. The fourth-order valence-electron chi connectivity index (χ4n) is 4.54. The number of rotatable bonds is 0. The minimum absolute atomic E-state index is 0.550. The highest BCUT2D eigenvalue weighted by atomic mass is 16.5. The molecular formula is C11H14O. The molecule has 4 aliphatic rings. The second-order valence-corrected chi connectivity index (χ2v) is 5.07. The van der Waals surface area contributed by atoms with Crippen molar-refractivity contribution in [2.24, 2.45) is 22.7 Å². The van der Waals surface area contributed by atoms with E-state index in [1.165, 1.54) is 19.3 Å². The summed E-state index contributed by atoms with van der Waals surface area (Å²) in [4.78, 5) is 0. The van der Waals surface area contributed by atoms with E-state index in [0.29, 0.717) is 10.8 Å². The summed E-state index contributed by atoms with van der Waals surface area (Å²) in [5, 5.41) is 0. The van der Waals surface area contributed by atoms with Crippen molar-refractivity contribution in [3.63, 3.8) is 0 Å². The molecule has 3 aliphatic carbocycles. The van der Waals surface area contributed by atoms with Gasteiger partial charge in [0.05, 0.1) is 13.2 Å². The van der Waals surface area contributed by atoms with E-state index in [1.54, 1.807) is 0 Å². The predicted octanol–water partition coefficient (Wildman–Crippen LogP) is 1.99. The Morgan fingerprint density at radius 1 is 1.33 bits per heavy atom. The Morgan fingerprint density at radius 2 is 2.33 bits per heavy atom. The SMILES string of the molecule is C1=CC23COC[C@@]24CCC[C@H]4[C@@H]13. The molecule has 4 rings (SSSR count). The summed E-state index contributed by atoms with van der Waals surface area (Å²) in [6, 6.07) is 0. The molecule has 1 aliphatic heterocycles. The largest absolute Gasteiger partial charge is 0.380 e. The van der Waals surface area contributed by atoms with Crippen LogP contribution in [0.15, 0.2) is 12.2 Å². The lowest BCUT2D eigenvalue weighted by molar-refractivity contribution is -0.117. The maximum absolute atomic E-state index is 5.71. The number of allylic oxidation sites excluding steroid dienone is 1. The summed E-state index contributed by atoms with van der Waals surface area (Å²) in [5.41, 5.74) is 1.18. The Labute approximate surface area is 72.8 Å². The van der Waals surface area contributed by atoms with Crippen LogP contribution in [0.25, 0.3) is 0 Å². The quantitative estimate of drug-likeness (QED) is 0.495. The van der Waals surface area contributed by atoms with Crippen LogP contribution in [-0.2, 0) is 4.74 Å². The van der Waals surface area contributed by atoms with Gasteiger partial charge in [0.15, 0.2) is 0 Å². The second-order valence-electron chi connectivity index (χ2n) is 5.07. The predicted molar refractivity (Wildman–Crippen MR) is 45.7 cm³/mol. The average Bonchev–Trinajstić information content (AvgIpc) is 2.57. The fraction of sp³-hybridized carbons (Fsp3) is 0.818. The van der Waals surface area contributed by atoms with Crippen molar-refractivity contribution < 1.29 is 4.74 Å². The third kappa shape index (κ3) is 0.352. The highest BCUT2D eigenvalue weighted by Gasteiger charge is 2.76. The van der Waals surface area contributed by atoms with Crippen LogP contribution in [0.5, 0.6) is 0 Å². The van der Waals surface area contributed by atoms with Crippen LogP contribution in [0.2, 0.25) is 0 Å². The van der Waals surface area contributed by atoms with E-state index in [-0.39, 0.29) is 0 Å². The zero-order chi connectivity index (χ0) is 7.81. The lowest BCUT2D eigenvalue weighted by Gasteiger charge is -2.66. The smallest absolute Gasteiger partial charge is 0.0569 e. The van der Waals surface area contributed by atoms with Crippen molar-refractivity contribution in [1.82, 2.24) is 0 Å². The molecule has 2 spiro atoms. The molecule has 4 atom stereocenters. The monoisotopic (exact) mass is 162 g/mol. The fourth-order valence-corrected chi connectivity index (χ4v) is 4.54. The van der Waals surface area contributed by atoms with E-state index in [2.05, 4.69) is 12.2 Å².